The second-order valence-corrected chi connectivity index (χ2v) is 6.82. The second-order valence-electron chi connectivity index (χ2n) is 6.82. The Balaban J connectivity index is 1.82. The van der Waals surface area contributed by atoms with E-state index in [-0.39, 0.29) is 17.9 Å². The van der Waals surface area contributed by atoms with Crippen LogP contribution >= 0.6 is 0 Å². The number of carbonyl (C=O) groups excluding carboxylic acids is 2. The molecule has 0 aromatic carbocycles. The van der Waals surface area contributed by atoms with Gasteiger partial charge in [0.2, 0.25) is 11.8 Å². The molecule has 24 heavy (non-hydrogen) atoms. The Hall–Kier alpha value is -2.31. The molecular formula is C17H25N3O4. The molecule has 0 spiro atoms. The number of rotatable bonds is 3. The van der Waals surface area contributed by atoms with E-state index in [0.717, 1.165) is 0 Å². The molecule has 1 aromatic heterocycles. The van der Waals surface area contributed by atoms with Crippen LogP contribution in [0.25, 0.3) is 0 Å². The van der Waals surface area contributed by atoms with E-state index in [0.29, 0.717) is 37.5 Å². The van der Waals surface area contributed by atoms with E-state index in [1.54, 1.807) is 30.3 Å². The van der Waals surface area contributed by atoms with Crippen LogP contribution in [-0.4, -0.2) is 47.7 Å². The Morgan fingerprint density at radius 2 is 1.92 bits per heavy atom. The van der Waals surface area contributed by atoms with Crippen LogP contribution in [0.15, 0.2) is 18.3 Å². The Kier molecular flexibility index (Phi) is 5.64. The number of pyridine rings is 1. The summed E-state index contributed by atoms with van der Waals surface area (Å²) in [5.41, 5.74) is 0.127. The fraction of sp³-hybridized carbons (Fsp3) is 0.588. The highest BCUT2D eigenvalue weighted by molar-refractivity contribution is 5.92. The molecule has 1 aliphatic rings. The van der Waals surface area contributed by atoms with Crippen molar-refractivity contribution in [1.82, 2.24) is 9.88 Å². The number of amides is 2. The molecule has 0 aliphatic carbocycles. The molecule has 0 atom stereocenters. The summed E-state index contributed by atoms with van der Waals surface area (Å²) in [5, 5.41) is 2.85. The maximum Gasteiger partial charge on any atom is 0.410 e. The fourth-order valence-electron chi connectivity index (χ4n) is 2.47. The highest BCUT2D eigenvalue weighted by Crippen LogP contribution is 2.21. The molecule has 2 heterocycles. The van der Waals surface area contributed by atoms with Crippen LogP contribution in [0.2, 0.25) is 0 Å². The molecule has 1 fully saturated rings. The monoisotopic (exact) mass is 335 g/mol. The van der Waals surface area contributed by atoms with Crippen molar-refractivity contribution in [2.75, 3.05) is 25.5 Å². The first kappa shape index (κ1) is 18.0. The first-order valence-electron chi connectivity index (χ1n) is 8.07. The molecule has 2 rings (SSSR count). The maximum absolute atomic E-state index is 12.3. The van der Waals surface area contributed by atoms with Crippen LogP contribution in [0.5, 0.6) is 5.88 Å². The van der Waals surface area contributed by atoms with Crippen LogP contribution < -0.4 is 10.1 Å². The van der Waals surface area contributed by atoms with Gasteiger partial charge in [0.25, 0.3) is 0 Å². The number of hydrogen-bond donors (Lipinski definition) is 1. The molecular weight excluding hydrogens is 310 g/mol. The van der Waals surface area contributed by atoms with Gasteiger partial charge in [0, 0.05) is 25.1 Å². The minimum atomic E-state index is -0.507. The SMILES string of the molecule is COc1ccc(NC(=O)C2CCN(C(=O)OC(C)(C)C)CC2)cn1. The number of carbonyl (C=O) groups is 2. The largest absolute Gasteiger partial charge is 0.481 e. The number of nitrogens with one attached hydrogen (secondary N) is 1. The zero-order valence-corrected chi connectivity index (χ0v) is 14.7. The molecule has 0 saturated carbocycles. The van der Waals surface area contributed by atoms with E-state index in [1.165, 1.54) is 0 Å². The van der Waals surface area contributed by atoms with Crippen molar-refractivity contribution in [3.05, 3.63) is 18.3 Å². The summed E-state index contributed by atoms with van der Waals surface area (Å²) in [6, 6.07) is 3.44. The lowest BCUT2D eigenvalue weighted by Gasteiger charge is -2.32. The van der Waals surface area contributed by atoms with E-state index in [2.05, 4.69) is 10.3 Å². The second kappa shape index (κ2) is 7.51. The van der Waals surface area contributed by atoms with Crippen molar-refractivity contribution in [2.45, 2.75) is 39.2 Å². The van der Waals surface area contributed by atoms with Gasteiger partial charge in [-0.25, -0.2) is 9.78 Å². The molecule has 7 nitrogen and oxygen atoms in total. The summed E-state index contributed by atoms with van der Waals surface area (Å²) in [6.45, 7) is 6.57. The van der Waals surface area contributed by atoms with Crippen LogP contribution in [0.3, 0.4) is 0 Å². The highest BCUT2D eigenvalue weighted by Gasteiger charge is 2.29. The summed E-state index contributed by atoms with van der Waals surface area (Å²) in [7, 11) is 1.54. The van der Waals surface area contributed by atoms with Crippen molar-refractivity contribution in [1.29, 1.82) is 0 Å². The maximum atomic E-state index is 12.3. The molecule has 1 N–H and O–H groups in total. The van der Waals surface area contributed by atoms with Crippen molar-refractivity contribution in [2.24, 2.45) is 5.92 Å². The number of nitrogens with zero attached hydrogens (tertiary/aromatic N) is 2. The number of aromatic nitrogens is 1. The fourth-order valence-corrected chi connectivity index (χ4v) is 2.47. The normalized spacial score (nSPS) is 15.8. The van der Waals surface area contributed by atoms with Gasteiger partial charge in [0.1, 0.15) is 5.60 Å². The van der Waals surface area contributed by atoms with E-state index < -0.39 is 5.60 Å². The smallest absolute Gasteiger partial charge is 0.410 e. The molecule has 2 amide bonds. The van der Waals surface area contributed by atoms with Gasteiger partial charge >= 0.3 is 6.09 Å². The Morgan fingerprint density at radius 1 is 1.25 bits per heavy atom. The van der Waals surface area contributed by atoms with Crippen molar-refractivity contribution < 1.29 is 19.1 Å². The molecule has 0 radical (unpaired) electrons. The van der Waals surface area contributed by atoms with Gasteiger partial charge in [-0.15, -0.1) is 0 Å². The van der Waals surface area contributed by atoms with E-state index in [4.69, 9.17) is 9.47 Å². The summed E-state index contributed by atoms with van der Waals surface area (Å²) in [6.07, 6.45) is 2.48. The topological polar surface area (TPSA) is 80.8 Å². The molecule has 132 valence electrons. The van der Waals surface area contributed by atoms with Gasteiger partial charge in [-0.3, -0.25) is 4.79 Å². The summed E-state index contributed by atoms with van der Waals surface area (Å²) >= 11 is 0. The molecule has 1 aromatic rings. The van der Waals surface area contributed by atoms with E-state index in [1.807, 2.05) is 20.8 Å². The predicted molar refractivity (Wildman–Crippen MR) is 89.9 cm³/mol. The lowest BCUT2D eigenvalue weighted by molar-refractivity contribution is -0.121. The summed E-state index contributed by atoms with van der Waals surface area (Å²) in [4.78, 5) is 30.1. The average Bonchev–Trinajstić information content (AvgIpc) is 2.54. The summed E-state index contributed by atoms with van der Waals surface area (Å²) in [5.74, 6) is 0.329. The van der Waals surface area contributed by atoms with Crippen molar-refractivity contribution >= 4 is 17.7 Å². The highest BCUT2D eigenvalue weighted by atomic mass is 16.6. The Morgan fingerprint density at radius 3 is 2.42 bits per heavy atom. The molecule has 7 heteroatoms. The van der Waals surface area contributed by atoms with Crippen molar-refractivity contribution in [3.63, 3.8) is 0 Å². The van der Waals surface area contributed by atoms with Gasteiger partial charge in [-0.2, -0.15) is 0 Å². The third-order valence-corrected chi connectivity index (χ3v) is 3.73. The number of ether oxygens (including phenoxy) is 2. The first-order valence-corrected chi connectivity index (χ1v) is 8.07. The van der Waals surface area contributed by atoms with Crippen molar-refractivity contribution in [3.8, 4) is 5.88 Å². The number of hydrogen-bond acceptors (Lipinski definition) is 5. The zero-order valence-electron chi connectivity index (χ0n) is 14.7. The van der Waals surface area contributed by atoms with E-state index >= 15 is 0 Å². The van der Waals surface area contributed by atoms with Crippen LogP contribution in [-0.2, 0) is 9.53 Å². The Labute approximate surface area is 142 Å². The first-order chi connectivity index (χ1) is 11.3. The standard InChI is InChI=1S/C17H25N3O4/c1-17(2,3)24-16(22)20-9-7-12(8-10-20)15(21)19-13-5-6-14(23-4)18-11-13/h5-6,11-12H,7-10H2,1-4H3,(H,19,21). The number of anilines is 1. The molecule has 1 aliphatic heterocycles. The number of methoxy groups -OCH3 is 1. The number of piperidine rings is 1. The van der Waals surface area contributed by atoms with Gasteiger partial charge in [0.05, 0.1) is 19.0 Å². The third-order valence-electron chi connectivity index (χ3n) is 3.73. The predicted octanol–water partition coefficient (Wildman–Crippen LogP) is 2.68. The molecule has 0 unspecified atom stereocenters. The van der Waals surface area contributed by atoms with E-state index in [9.17, 15) is 9.59 Å². The van der Waals surface area contributed by atoms with Crippen LogP contribution in [0.4, 0.5) is 10.5 Å². The van der Waals surface area contributed by atoms with Gasteiger partial charge < -0.3 is 19.7 Å². The minimum absolute atomic E-state index is 0.0502. The van der Waals surface area contributed by atoms with Gasteiger partial charge in [0.15, 0.2) is 0 Å². The summed E-state index contributed by atoms with van der Waals surface area (Å²) < 4.78 is 10.3. The van der Waals surface area contributed by atoms with Crippen LogP contribution in [0.1, 0.15) is 33.6 Å². The lowest BCUT2D eigenvalue weighted by Crippen LogP contribution is -2.43. The molecule has 0 bridgehead atoms. The minimum Gasteiger partial charge on any atom is -0.481 e. The van der Waals surface area contributed by atoms with Gasteiger partial charge in [-0.1, -0.05) is 0 Å². The quantitative estimate of drug-likeness (QED) is 0.918. The lowest BCUT2D eigenvalue weighted by atomic mass is 9.96. The third kappa shape index (κ3) is 5.11. The molecule has 1 saturated heterocycles. The zero-order chi connectivity index (χ0) is 17.7. The van der Waals surface area contributed by atoms with Gasteiger partial charge in [-0.05, 0) is 39.7 Å². The number of likely N-dealkylation sites (tertiary alicyclic amines) is 1. The van der Waals surface area contributed by atoms with Crippen LogP contribution in [0, 0.1) is 5.92 Å². The average molecular weight is 335 g/mol. The Bertz CT molecular complexity index is 572.